The van der Waals surface area contributed by atoms with Crippen LogP contribution in [0.4, 0.5) is 9.18 Å². The summed E-state index contributed by atoms with van der Waals surface area (Å²) in [5, 5.41) is 6.12. The van der Waals surface area contributed by atoms with Gasteiger partial charge in [0.15, 0.2) is 5.82 Å². The van der Waals surface area contributed by atoms with Crippen LogP contribution in [0.2, 0.25) is 0 Å². The van der Waals surface area contributed by atoms with Crippen molar-refractivity contribution >= 4 is 11.9 Å². The molecule has 1 aromatic heterocycles. The van der Waals surface area contributed by atoms with Gasteiger partial charge in [-0.2, -0.15) is 4.98 Å². The number of benzene rings is 1. The van der Waals surface area contributed by atoms with Crippen molar-refractivity contribution in [2.75, 3.05) is 0 Å². The maximum Gasteiger partial charge on any atom is 0.325 e. The second-order valence-electron chi connectivity index (χ2n) is 5.16. The highest BCUT2D eigenvalue weighted by Crippen LogP contribution is 2.31. The van der Waals surface area contributed by atoms with Gasteiger partial charge in [-0.15, -0.1) is 0 Å². The van der Waals surface area contributed by atoms with Crippen molar-refractivity contribution in [1.29, 1.82) is 0 Å². The Hall–Kier alpha value is -2.77. The van der Waals surface area contributed by atoms with Gasteiger partial charge in [0.1, 0.15) is 17.9 Å². The van der Waals surface area contributed by atoms with Crippen LogP contribution in [-0.4, -0.2) is 27.0 Å². The summed E-state index contributed by atoms with van der Waals surface area (Å²) in [7, 11) is 0. The number of nitrogens with one attached hydrogen (secondary N) is 1. The van der Waals surface area contributed by atoms with Gasteiger partial charge in [-0.25, -0.2) is 9.18 Å². The van der Waals surface area contributed by atoms with Crippen LogP contribution < -0.4 is 5.32 Å². The van der Waals surface area contributed by atoms with Gasteiger partial charge in [0.05, 0.1) is 0 Å². The first-order valence-corrected chi connectivity index (χ1v) is 6.60. The number of urea groups is 1. The van der Waals surface area contributed by atoms with Crippen molar-refractivity contribution < 1.29 is 18.5 Å². The van der Waals surface area contributed by atoms with Crippen molar-refractivity contribution in [2.45, 2.75) is 25.9 Å². The number of imide groups is 1. The van der Waals surface area contributed by atoms with Crippen molar-refractivity contribution in [1.82, 2.24) is 20.4 Å². The second kappa shape index (κ2) is 4.90. The van der Waals surface area contributed by atoms with Crippen molar-refractivity contribution in [2.24, 2.45) is 0 Å². The van der Waals surface area contributed by atoms with Crippen LogP contribution in [0.1, 0.15) is 24.2 Å². The average Bonchev–Trinajstić information content (AvgIpc) is 2.97. The summed E-state index contributed by atoms with van der Waals surface area (Å²) >= 11 is 0. The lowest BCUT2D eigenvalue weighted by Crippen LogP contribution is -2.41. The van der Waals surface area contributed by atoms with Gasteiger partial charge in [-0.1, -0.05) is 23.4 Å². The summed E-state index contributed by atoms with van der Waals surface area (Å²) in [6.45, 7) is 2.93. The van der Waals surface area contributed by atoms with E-state index in [0.29, 0.717) is 5.82 Å². The zero-order chi connectivity index (χ0) is 15.9. The topological polar surface area (TPSA) is 88.3 Å². The van der Waals surface area contributed by atoms with E-state index in [1.54, 1.807) is 13.0 Å². The third kappa shape index (κ3) is 2.12. The molecule has 8 heteroatoms. The SMILES string of the molecule is Cc1noc(CN2C(=O)N[C@@](C)(c3ccccc3F)C2=O)n1. The smallest absolute Gasteiger partial charge is 0.325 e. The Bertz CT molecular complexity index is 760. The molecular formula is C14H13FN4O3. The van der Waals surface area contributed by atoms with E-state index in [9.17, 15) is 14.0 Å². The minimum Gasteiger partial charge on any atom is -0.337 e. The third-order valence-corrected chi connectivity index (χ3v) is 3.55. The lowest BCUT2D eigenvalue weighted by Gasteiger charge is -2.22. The Morgan fingerprint density at radius 1 is 1.36 bits per heavy atom. The molecule has 114 valence electrons. The molecule has 0 bridgehead atoms. The molecule has 22 heavy (non-hydrogen) atoms. The minimum absolute atomic E-state index is 0.109. The average molecular weight is 304 g/mol. The normalized spacial score (nSPS) is 21.3. The molecule has 1 N–H and O–H groups in total. The first-order chi connectivity index (χ1) is 10.4. The number of carbonyl (C=O) groups is 2. The number of amides is 3. The fraction of sp³-hybridized carbons (Fsp3) is 0.286. The van der Waals surface area contributed by atoms with E-state index in [1.165, 1.54) is 25.1 Å². The van der Waals surface area contributed by atoms with Crippen LogP contribution in [-0.2, 0) is 16.9 Å². The van der Waals surface area contributed by atoms with E-state index in [1.807, 2.05) is 0 Å². The quantitative estimate of drug-likeness (QED) is 0.868. The molecular weight excluding hydrogens is 291 g/mol. The molecule has 1 aliphatic rings. The molecule has 0 radical (unpaired) electrons. The van der Waals surface area contributed by atoms with Gasteiger partial charge >= 0.3 is 6.03 Å². The van der Waals surface area contributed by atoms with Gasteiger partial charge in [0.2, 0.25) is 5.89 Å². The number of aromatic nitrogens is 2. The van der Waals surface area contributed by atoms with Gasteiger partial charge in [-0.05, 0) is 19.9 Å². The number of hydrogen-bond donors (Lipinski definition) is 1. The number of halogens is 1. The molecule has 1 aliphatic heterocycles. The molecule has 0 aliphatic carbocycles. The molecule has 1 atom stereocenters. The van der Waals surface area contributed by atoms with Crippen LogP contribution in [0.25, 0.3) is 0 Å². The summed E-state index contributed by atoms with van der Waals surface area (Å²) in [4.78, 5) is 29.6. The molecule has 0 saturated carbocycles. The van der Waals surface area contributed by atoms with Gasteiger partial charge in [-0.3, -0.25) is 9.69 Å². The van der Waals surface area contributed by atoms with Crippen molar-refractivity contribution in [3.63, 3.8) is 0 Å². The largest absolute Gasteiger partial charge is 0.337 e. The van der Waals surface area contributed by atoms with Crippen LogP contribution in [0.5, 0.6) is 0 Å². The Kier molecular flexibility index (Phi) is 3.16. The number of carbonyl (C=O) groups excluding carboxylic acids is 2. The van der Waals surface area contributed by atoms with Crippen molar-refractivity contribution in [3.8, 4) is 0 Å². The van der Waals surface area contributed by atoms with Gasteiger partial charge in [0.25, 0.3) is 5.91 Å². The molecule has 1 fully saturated rings. The van der Waals surface area contributed by atoms with Crippen LogP contribution >= 0.6 is 0 Å². The minimum atomic E-state index is -1.46. The molecule has 1 saturated heterocycles. The standard InChI is InChI=1S/C14H13FN4O3/c1-8-16-11(22-18-8)7-19-12(20)14(2,17-13(19)21)9-5-3-4-6-10(9)15/h3-6H,7H2,1-2H3,(H,17,21)/t14-/m0/s1. The van der Waals surface area contributed by atoms with Crippen LogP contribution in [0.15, 0.2) is 28.8 Å². The molecule has 0 unspecified atom stereocenters. The van der Waals surface area contributed by atoms with Gasteiger partial charge in [0, 0.05) is 5.56 Å². The second-order valence-corrected chi connectivity index (χ2v) is 5.16. The maximum atomic E-state index is 14.0. The summed E-state index contributed by atoms with van der Waals surface area (Å²) < 4.78 is 18.9. The Balaban J connectivity index is 1.92. The predicted octanol–water partition coefficient (Wildman–Crippen LogP) is 1.48. The highest BCUT2D eigenvalue weighted by molar-refractivity contribution is 6.07. The van der Waals surface area contributed by atoms with E-state index in [0.717, 1.165) is 4.90 Å². The fourth-order valence-electron chi connectivity index (χ4n) is 2.43. The van der Waals surface area contributed by atoms with Crippen LogP contribution in [0, 0.1) is 12.7 Å². The molecule has 3 amide bonds. The molecule has 7 nitrogen and oxygen atoms in total. The monoisotopic (exact) mass is 304 g/mol. The van der Waals surface area contributed by atoms with E-state index < -0.39 is 23.3 Å². The molecule has 0 spiro atoms. The Morgan fingerprint density at radius 2 is 2.09 bits per heavy atom. The first-order valence-electron chi connectivity index (χ1n) is 6.60. The highest BCUT2D eigenvalue weighted by atomic mass is 19.1. The zero-order valence-electron chi connectivity index (χ0n) is 12.0. The summed E-state index contributed by atoms with van der Waals surface area (Å²) in [6.07, 6.45) is 0. The van der Waals surface area contributed by atoms with E-state index >= 15 is 0 Å². The lowest BCUT2D eigenvalue weighted by atomic mass is 9.91. The third-order valence-electron chi connectivity index (χ3n) is 3.55. The van der Waals surface area contributed by atoms with Gasteiger partial charge < -0.3 is 9.84 Å². The molecule has 1 aromatic carbocycles. The van der Waals surface area contributed by atoms with E-state index in [4.69, 9.17) is 4.52 Å². The molecule has 3 rings (SSSR count). The maximum absolute atomic E-state index is 14.0. The number of nitrogens with zero attached hydrogens (tertiary/aromatic N) is 3. The molecule has 2 aromatic rings. The Morgan fingerprint density at radius 3 is 2.73 bits per heavy atom. The van der Waals surface area contributed by atoms with Crippen molar-refractivity contribution in [3.05, 3.63) is 47.4 Å². The molecule has 2 heterocycles. The zero-order valence-corrected chi connectivity index (χ0v) is 12.0. The number of hydrogen-bond acceptors (Lipinski definition) is 5. The van der Waals surface area contributed by atoms with E-state index in [-0.39, 0.29) is 18.0 Å². The predicted molar refractivity (Wildman–Crippen MR) is 71.9 cm³/mol. The summed E-state index contributed by atoms with van der Waals surface area (Å²) in [6, 6.07) is 5.19. The first kappa shape index (κ1) is 14.2. The van der Waals surface area contributed by atoms with E-state index in [2.05, 4.69) is 15.5 Å². The fourth-order valence-corrected chi connectivity index (χ4v) is 2.43. The lowest BCUT2D eigenvalue weighted by molar-refractivity contribution is -0.131. The van der Waals surface area contributed by atoms with Crippen LogP contribution in [0.3, 0.4) is 0 Å². The summed E-state index contributed by atoms with van der Waals surface area (Å²) in [5.74, 6) is -0.592. The number of rotatable bonds is 3. The Labute approximate surface area is 125 Å². The summed E-state index contributed by atoms with van der Waals surface area (Å²) in [5.41, 5.74) is -1.35. The highest BCUT2D eigenvalue weighted by Gasteiger charge is 2.50. The number of aryl methyl sites for hydroxylation is 1.